The van der Waals surface area contributed by atoms with Gasteiger partial charge >= 0.3 is 12.2 Å². The van der Waals surface area contributed by atoms with Crippen LogP contribution < -0.4 is 15.2 Å². The Balaban J connectivity index is 2.05. The Labute approximate surface area is 156 Å². The average Bonchev–Trinajstić information content (AvgIpc) is 2.62. The average molecular weight is 376 g/mol. The van der Waals surface area contributed by atoms with E-state index in [4.69, 9.17) is 19.9 Å². The summed E-state index contributed by atoms with van der Waals surface area (Å²) in [5, 5.41) is 0. The molecule has 0 aliphatic heterocycles. The quantitative estimate of drug-likeness (QED) is 0.799. The molecule has 0 aliphatic rings. The molecule has 2 aromatic carbocycles. The van der Waals surface area contributed by atoms with E-state index >= 15 is 0 Å². The molecule has 0 bridgehead atoms. The Bertz CT molecular complexity index is 780. The van der Waals surface area contributed by atoms with Crippen LogP contribution in [-0.4, -0.2) is 37.8 Å². The van der Waals surface area contributed by atoms with Gasteiger partial charge in [-0.15, -0.1) is 0 Å². The molecule has 0 aliphatic carbocycles. The number of amides is 2. The molecule has 1 unspecified atom stereocenters. The van der Waals surface area contributed by atoms with Gasteiger partial charge in [0.1, 0.15) is 23.4 Å². The lowest BCUT2D eigenvalue weighted by molar-refractivity contribution is 0.0903. The number of nitrogens with two attached hydrogens (primary N) is 1. The number of carbonyl (C=O) groups is 2. The van der Waals surface area contributed by atoms with E-state index < -0.39 is 18.3 Å². The molecule has 2 aromatic rings. The van der Waals surface area contributed by atoms with E-state index in [9.17, 15) is 14.0 Å². The van der Waals surface area contributed by atoms with E-state index in [-0.39, 0.29) is 12.4 Å². The second-order valence-corrected chi connectivity index (χ2v) is 5.85. The topological polar surface area (TPSA) is 91.1 Å². The van der Waals surface area contributed by atoms with E-state index in [2.05, 4.69) is 0 Å². The van der Waals surface area contributed by atoms with Gasteiger partial charge in [-0.05, 0) is 42.0 Å². The highest BCUT2D eigenvalue weighted by molar-refractivity contribution is 5.70. The van der Waals surface area contributed by atoms with Gasteiger partial charge in [-0.25, -0.2) is 14.0 Å². The van der Waals surface area contributed by atoms with Crippen LogP contribution >= 0.6 is 0 Å². The smallest absolute Gasteiger partial charge is 0.414 e. The van der Waals surface area contributed by atoms with Gasteiger partial charge in [-0.2, -0.15) is 0 Å². The standard InChI is InChI=1S/C19H21FN2O5/c1-22(2)19(24)26-16-5-3-4-13(12-16)17(27-18(21)23)10-11-25-15-8-6-14(20)7-9-15/h3-9,12,17H,10-11H2,1-2H3,(H2,21,23). The van der Waals surface area contributed by atoms with Crippen LogP contribution in [0.25, 0.3) is 0 Å². The van der Waals surface area contributed by atoms with Crippen LogP contribution in [0.1, 0.15) is 18.1 Å². The Kier molecular flexibility index (Phi) is 6.99. The van der Waals surface area contributed by atoms with Crippen LogP contribution in [0.2, 0.25) is 0 Å². The summed E-state index contributed by atoms with van der Waals surface area (Å²) in [6.07, 6.45) is -1.86. The molecule has 0 aromatic heterocycles. The first kappa shape index (κ1) is 20.0. The van der Waals surface area contributed by atoms with E-state index in [0.717, 1.165) is 0 Å². The summed E-state index contributed by atoms with van der Waals surface area (Å²) in [7, 11) is 3.13. The number of hydrogen-bond acceptors (Lipinski definition) is 5. The highest BCUT2D eigenvalue weighted by Crippen LogP contribution is 2.26. The van der Waals surface area contributed by atoms with E-state index in [1.807, 2.05) is 0 Å². The maximum atomic E-state index is 12.9. The van der Waals surface area contributed by atoms with Crippen LogP contribution in [0, 0.1) is 5.82 Å². The van der Waals surface area contributed by atoms with Crippen molar-refractivity contribution in [2.24, 2.45) is 5.73 Å². The molecule has 0 saturated heterocycles. The molecule has 0 radical (unpaired) electrons. The first-order valence-corrected chi connectivity index (χ1v) is 8.18. The summed E-state index contributed by atoms with van der Waals surface area (Å²) in [5.74, 6) is 0.438. The number of primary amides is 1. The molecule has 0 saturated carbocycles. The van der Waals surface area contributed by atoms with Crippen LogP contribution in [0.5, 0.6) is 11.5 Å². The van der Waals surface area contributed by atoms with Gasteiger partial charge in [0.15, 0.2) is 0 Å². The van der Waals surface area contributed by atoms with E-state index in [0.29, 0.717) is 23.5 Å². The predicted molar refractivity (Wildman–Crippen MR) is 96.1 cm³/mol. The molecule has 144 valence electrons. The number of halogens is 1. The van der Waals surface area contributed by atoms with Crippen molar-refractivity contribution in [2.75, 3.05) is 20.7 Å². The largest absolute Gasteiger partial charge is 0.493 e. The second-order valence-electron chi connectivity index (χ2n) is 5.85. The summed E-state index contributed by atoms with van der Waals surface area (Å²) >= 11 is 0. The zero-order valence-corrected chi connectivity index (χ0v) is 15.1. The summed E-state index contributed by atoms with van der Waals surface area (Å²) in [6.45, 7) is 0.200. The van der Waals surface area contributed by atoms with Crippen molar-refractivity contribution in [1.29, 1.82) is 0 Å². The van der Waals surface area contributed by atoms with Crippen molar-refractivity contribution in [2.45, 2.75) is 12.5 Å². The molecular weight excluding hydrogens is 355 g/mol. The SMILES string of the molecule is CN(C)C(=O)Oc1cccc(C(CCOc2ccc(F)cc2)OC(N)=O)c1. The fourth-order valence-electron chi connectivity index (χ4n) is 2.22. The first-order chi connectivity index (χ1) is 12.8. The predicted octanol–water partition coefficient (Wildman–Crippen LogP) is 3.49. The number of rotatable bonds is 7. The lowest BCUT2D eigenvalue weighted by Gasteiger charge is -2.18. The fraction of sp³-hybridized carbons (Fsp3) is 0.263. The lowest BCUT2D eigenvalue weighted by atomic mass is 10.1. The van der Waals surface area contributed by atoms with Crippen LogP contribution in [0.4, 0.5) is 14.0 Å². The van der Waals surface area contributed by atoms with Crippen LogP contribution in [0.15, 0.2) is 48.5 Å². The number of carbonyl (C=O) groups excluding carboxylic acids is 2. The maximum Gasteiger partial charge on any atom is 0.414 e. The van der Waals surface area contributed by atoms with Gasteiger partial charge in [0.25, 0.3) is 0 Å². The molecule has 0 spiro atoms. The molecule has 8 heteroatoms. The van der Waals surface area contributed by atoms with Gasteiger partial charge in [0.05, 0.1) is 6.61 Å². The third kappa shape index (κ3) is 6.50. The van der Waals surface area contributed by atoms with Crippen molar-refractivity contribution < 1.29 is 28.2 Å². The van der Waals surface area contributed by atoms with Gasteiger partial charge in [0.2, 0.25) is 0 Å². The Hall–Kier alpha value is -3.29. The molecule has 0 fully saturated rings. The fourth-order valence-corrected chi connectivity index (χ4v) is 2.22. The number of benzene rings is 2. The Morgan fingerprint density at radius 3 is 2.44 bits per heavy atom. The first-order valence-electron chi connectivity index (χ1n) is 8.18. The molecule has 27 heavy (non-hydrogen) atoms. The minimum absolute atomic E-state index is 0.200. The monoisotopic (exact) mass is 376 g/mol. The second kappa shape index (κ2) is 9.42. The Morgan fingerprint density at radius 2 is 1.81 bits per heavy atom. The number of hydrogen-bond donors (Lipinski definition) is 1. The third-order valence-electron chi connectivity index (χ3n) is 3.52. The van der Waals surface area contributed by atoms with E-state index in [1.165, 1.54) is 29.2 Å². The van der Waals surface area contributed by atoms with Gasteiger partial charge in [-0.3, -0.25) is 0 Å². The molecule has 1 atom stereocenters. The normalized spacial score (nSPS) is 11.4. The third-order valence-corrected chi connectivity index (χ3v) is 3.52. The summed E-state index contributed by atoms with van der Waals surface area (Å²) in [6, 6.07) is 12.2. The van der Waals surface area contributed by atoms with Gasteiger partial charge < -0.3 is 24.8 Å². The minimum Gasteiger partial charge on any atom is -0.493 e. The molecule has 7 nitrogen and oxygen atoms in total. The van der Waals surface area contributed by atoms with Crippen molar-refractivity contribution >= 4 is 12.2 Å². The lowest BCUT2D eigenvalue weighted by Crippen LogP contribution is -2.25. The molecule has 0 heterocycles. The number of nitrogens with zero attached hydrogens (tertiary/aromatic N) is 1. The van der Waals surface area contributed by atoms with Gasteiger partial charge in [-0.1, -0.05) is 12.1 Å². The van der Waals surface area contributed by atoms with Crippen molar-refractivity contribution in [3.8, 4) is 11.5 Å². The highest BCUT2D eigenvalue weighted by Gasteiger charge is 2.17. The van der Waals surface area contributed by atoms with Crippen molar-refractivity contribution in [3.05, 3.63) is 59.9 Å². The van der Waals surface area contributed by atoms with E-state index in [1.54, 1.807) is 38.4 Å². The summed E-state index contributed by atoms with van der Waals surface area (Å²) in [4.78, 5) is 24.2. The maximum absolute atomic E-state index is 12.9. The zero-order valence-electron chi connectivity index (χ0n) is 15.1. The highest BCUT2D eigenvalue weighted by atomic mass is 19.1. The van der Waals surface area contributed by atoms with Crippen molar-refractivity contribution in [3.63, 3.8) is 0 Å². The molecule has 2 amide bonds. The molecular formula is C19H21FN2O5. The zero-order chi connectivity index (χ0) is 19.8. The summed E-state index contributed by atoms with van der Waals surface area (Å²) in [5.41, 5.74) is 5.75. The van der Waals surface area contributed by atoms with Crippen LogP contribution in [0.3, 0.4) is 0 Å². The Morgan fingerprint density at radius 1 is 1.11 bits per heavy atom. The minimum atomic E-state index is -0.933. The van der Waals surface area contributed by atoms with Gasteiger partial charge in [0, 0.05) is 20.5 Å². The van der Waals surface area contributed by atoms with Crippen LogP contribution in [-0.2, 0) is 4.74 Å². The summed E-state index contributed by atoms with van der Waals surface area (Å²) < 4.78 is 28.8. The number of ether oxygens (including phenoxy) is 3. The van der Waals surface area contributed by atoms with Crippen molar-refractivity contribution in [1.82, 2.24) is 4.90 Å². The molecule has 2 rings (SSSR count). The molecule has 2 N–H and O–H groups in total.